The van der Waals surface area contributed by atoms with Crippen molar-refractivity contribution in [2.24, 2.45) is 0 Å². The van der Waals surface area contributed by atoms with Crippen molar-refractivity contribution in [1.82, 2.24) is 0 Å². The van der Waals surface area contributed by atoms with Crippen LogP contribution in [0.2, 0.25) is 0 Å². The van der Waals surface area contributed by atoms with E-state index >= 15 is 0 Å². The van der Waals surface area contributed by atoms with Crippen LogP contribution in [0.3, 0.4) is 0 Å². The summed E-state index contributed by atoms with van der Waals surface area (Å²) in [5.74, 6) is 0.656. The van der Waals surface area contributed by atoms with Crippen molar-refractivity contribution in [3.63, 3.8) is 0 Å². The number of hydrogen-bond acceptors (Lipinski definition) is 2. The Kier molecular flexibility index (Phi) is 3.20. The lowest BCUT2D eigenvalue weighted by Crippen LogP contribution is -1.89. The molecule has 0 fully saturated rings. The summed E-state index contributed by atoms with van der Waals surface area (Å²) in [7, 11) is 0. The fraction of sp³-hybridized carbons (Fsp3) is 0.0909. The fourth-order valence-corrected chi connectivity index (χ4v) is 3.44. The molecule has 0 saturated carbocycles. The third-order valence-electron chi connectivity index (χ3n) is 4.70. The van der Waals surface area contributed by atoms with E-state index in [4.69, 9.17) is 0 Å². The van der Waals surface area contributed by atoms with Crippen molar-refractivity contribution < 1.29 is 10.2 Å². The van der Waals surface area contributed by atoms with Crippen LogP contribution in [0.4, 0.5) is 0 Å². The number of aryl methyl sites for hydroxylation is 2. The van der Waals surface area contributed by atoms with Gasteiger partial charge in [0.2, 0.25) is 0 Å². The van der Waals surface area contributed by atoms with Crippen LogP contribution in [0.5, 0.6) is 11.5 Å². The van der Waals surface area contributed by atoms with Crippen LogP contribution >= 0.6 is 0 Å². The molecule has 0 atom stereocenters. The zero-order valence-corrected chi connectivity index (χ0v) is 13.7. The Morgan fingerprint density at radius 3 is 1.25 bits per heavy atom. The Hall–Kier alpha value is -3.00. The first kappa shape index (κ1) is 14.6. The minimum Gasteiger partial charge on any atom is -0.507 e. The maximum Gasteiger partial charge on any atom is 0.126 e. The number of phenols is 2. The molecule has 4 aromatic rings. The van der Waals surface area contributed by atoms with Crippen LogP contribution in [0.25, 0.3) is 32.7 Å². The molecule has 0 saturated heterocycles. The van der Waals surface area contributed by atoms with Crippen molar-refractivity contribution in [2.75, 3.05) is 0 Å². The highest BCUT2D eigenvalue weighted by Crippen LogP contribution is 2.42. The topological polar surface area (TPSA) is 40.5 Å². The molecule has 4 aromatic carbocycles. The molecule has 0 aliphatic carbocycles. The monoisotopic (exact) mass is 314 g/mol. The molecule has 0 aliphatic heterocycles. The van der Waals surface area contributed by atoms with Crippen LogP contribution < -0.4 is 0 Å². The van der Waals surface area contributed by atoms with Gasteiger partial charge in [-0.2, -0.15) is 0 Å². The largest absolute Gasteiger partial charge is 0.507 e. The van der Waals surface area contributed by atoms with Crippen molar-refractivity contribution in [1.29, 1.82) is 0 Å². The predicted molar refractivity (Wildman–Crippen MR) is 99.7 cm³/mol. The number of benzene rings is 4. The molecular weight excluding hydrogens is 296 g/mol. The number of aromatic hydroxyl groups is 2. The van der Waals surface area contributed by atoms with Gasteiger partial charge < -0.3 is 10.2 Å². The van der Waals surface area contributed by atoms with Crippen molar-refractivity contribution in [3.05, 3.63) is 71.8 Å². The zero-order valence-electron chi connectivity index (χ0n) is 13.7. The fourth-order valence-electron chi connectivity index (χ4n) is 3.44. The maximum atomic E-state index is 10.4. The maximum absolute atomic E-state index is 10.4. The van der Waals surface area contributed by atoms with Crippen LogP contribution in [-0.2, 0) is 0 Å². The quantitative estimate of drug-likeness (QED) is 0.474. The third kappa shape index (κ3) is 2.04. The predicted octanol–water partition coefficient (Wildman–Crippen LogP) is 5.69. The molecule has 0 radical (unpaired) electrons. The second kappa shape index (κ2) is 5.27. The van der Waals surface area contributed by atoms with Crippen LogP contribution in [0.1, 0.15) is 11.1 Å². The molecule has 2 N–H and O–H groups in total. The van der Waals surface area contributed by atoms with Gasteiger partial charge in [-0.3, -0.25) is 0 Å². The Bertz CT molecular complexity index is 1000. The van der Waals surface area contributed by atoms with Crippen molar-refractivity contribution in [2.45, 2.75) is 13.8 Å². The van der Waals surface area contributed by atoms with E-state index in [2.05, 4.69) is 0 Å². The smallest absolute Gasteiger partial charge is 0.126 e. The molecule has 0 amide bonds. The SMILES string of the molecule is Cc1cc(-c2cc(C)c(O)c3ccccc23)c2ccccc2c1O. The minimum absolute atomic E-state index is 0.328. The standard InChI is InChI=1S/C22H18O2/c1-13-11-19(15-7-3-5-9-17(15)21(13)23)20-12-14(2)22(24)18-10-6-4-8-16(18)20/h3-12,23-24H,1-2H3. The minimum atomic E-state index is 0.328. The summed E-state index contributed by atoms with van der Waals surface area (Å²) in [6, 6.07) is 19.8. The Labute approximate surface area is 140 Å². The van der Waals surface area contributed by atoms with E-state index in [0.29, 0.717) is 11.5 Å². The van der Waals surface area contributed by atoms with Gasteiger partial charge in [-0.25, -0.2) is 0 Å². The summed E-state index contributed by atoms with van der Waals surface area (Å²) in [6.45, 7) is 3.83. The van der Waals surface area contributed by atoms with Gasteiger partial charge in [-0.15, -0.1) is 0 Å². The Morgan fingerprint density at radius 1 is 0.542 bits per heavy atom. The first-order valence-electron chi connectivity index (χ1n) is 8.01. The van der Waals surface area contributed by atoms with E-state index in [1.807, 2.05) is 74.5 Å². The number of phenolic OH excluding ortho intramolecular Hbond substituents is 2. The highest BCUT2D eigenvalue weighted by molar-refractivity contribution is 6.09. The molecule has 24 heavy (non-hydrogen) atoms. The average Bonchev–Trinajstić information content (AvgIpc) is 2.61. The van der Waals surface area contributed by atoms with E-state index in [9.17, 15) is 10.2 Å². The van der Waals surface area contributed by atoms with Gasteiger partial charge >= 0.3 is 0 Å². The zero-order chi connectivity index (χ0) is 16.8. The van der Waals surface area contributed by atoms with E-state index in [1.165, 1.54) is 0 Å². The molecule has 4 rings (SSSR count). The summed E-state index contributed by atoms with van der Waals surface area (Å²) < 4.78 is 0. The molecular formula is C22H18O2. The van der Waals surface area contributed by atoms with Gasteiger partial charge in [0, 0.05) is 10.8 Å². The third-order valence-corrected chi connectivity index (χ3v) is 4.70. The van der Waals surface area contributed by atoms with Crippen molar-refractivity contribution in [3.8, 4) is 22.6 Å². The molecule has 0 unspecified atom stereocenters. The molecule has 0 aromatic heterocycles. The highest BCUT2D eigenvalue weighted by atomic mass is 16.3. The van der Waals surface area contributed by atoms with Gasteiger partial charge in [-0.1, -0.05) is 48.5 Å². The summed E-state index contributed by atoms with van der Waals surface area (Å²) in [6.07, 6.45) is 0. The van der Waals surface area contributed by atoms with Crippen LogP contribution in [0, 0.1) is 13.8 Å². The summed E-state index contributed by atoms with van der Waals surface area (Å²) in [4.78, 5) is 0. The van der Waals surface area contributed by atoms with E-state index in [-0.39, 0.29) is 0 Å². The Morgan fingerprint density at radius 2 is 0.875 bits per heavy atom. The van der Waals surface area contributed by atoms with Gasteiger partial charge in [0.1, 0.15) is 11.5 Å². The summed E-state index contributed by atoms with van der Waals surface area (Å²) in [5.41, 5.74) is 3.83. The van der Waals surface area contributed by atoms with Crippen molar-refractivity contribution >= 4 is 21.5 Å². The number of hydrogen-bond donors (Lipinski definition) is 2. The molecule has 2 heteroatoms. The summed E-state index contributed by atoms with van der Waals surface area (Å²) in [5, 5.41) is 24.5. The van der Waals surface area contributed by atoms with E-state index < -0.39 is 0 Å². The molecule has 118 valence electrons. The lowest BCUT2D eigenvalue weighted by atomic mass is 9.90. The van der Waals surface area contributed by atoms with Gasteiger partial charge in [0.25, 0.3) is 0 Å². The van der Waals surface area contributed by atoms with Gasteiger partial charge in [0.05, 0.1) is 0 Å². The normalized spacial score (nSPS) is 11.2. The van der Waals surface area contributed by atoms with Crippen LogP contribution in [0.15, 0.2) is 60.7 Å². The molecule has 0 heterocycles. The second-order valence-electron chi connectivity index (χ2n) is 6.27. The lowest BCUT2D eigenvalue weighted by molar-refractivity contribution is 0.477. The average molecular weight is 314 g/mol. The Balaban J connectivity index is 2.19. The van der Waals surface area contributed by atoms with E-state index in [1.54, 1.807) is 0 Å². The lowest BCUT2D eigenvalue weighted by Gasteiger charge is -2.15. The first-order chi connectivity index (χ1) is 11.6. The molecule has 0 aliphatic rings. The highest BCUT2D eigenvalue weighted by Gasteiger charge is 2.15. The number of fused-ring (bicyclic) bond motifs is 2. The summed E-state index contributed by atoms with van der Waals surface area (Å²) >= 11 is 0. The van der Waals surface area contributed by atoms with E-state index in [0.717, 1.165) is 43.8 Å². The molecule has 2 nitrogen and oxygen atoms in total. The van der Waals surface area contributed by atoms with Gasteiger partial charge in [-0.05, 0) is 59.0 Å². The first-order valence-corrected chi connectivity index (χ1v) is 8.01. The van der Waals surface area contributed by atoms with Gasteiger partial charge in [0.15, 0.2) is 0 Å². The molecule has 0 spiro atoms. The molecule has 0 bridgehead atoms. The number of rotatable bonds is 1. The van der Waals surface area contributed by atoms with Crippen LogP contribution in [-0.4, -0.2) is 10.2 Å². The second-order valence-corrected chi connectivity index (χ2v) is 6.27.